The van der Waals surface area contributed by atoms with Crippen LogP contribution in [0, 0.1) is 6.92 Å². The molecule has 5 nitrogen and oxygen atoms in total. The van der Waals surface area contributed by atoms with Crippen LogP contribution in [0.5, 0.6) is 0 Å². The van der Waals surface area contributed by atoms with E-state index in [1.807, 2.05) is 24.3 Å². The summed E-state index contributed by atoms with van der Waals surface area (Å²) in [6.45, 7) is 1.76. The van der Waals surface area contributed by atoms with Gasteiger partial charge in [0.15, 0.2) is 0 Å². The Hall–Kier alpha value is -2.37. The lowest BCUT2D eigenvalue weighted by Gasteiger charge is -2.18. The highest BCUT2D eigenvalue weighted by Crippen LogP contribution is 2.31. The highest BCUT2D eigenvalue weighted by atomic mass is 35.5. The number of carbonyl (C=O) groups excluding carboxylic acids is 2. The first-order valence-electron chi connectivity index (χ1n) is 7.60. The lowest BCUT2D eigenvalue weighted by molar-refractivity contribution is -0.137. The molecule has 0 saturated carbocycles. The fraction of sp³-hybridized carbons (Fsp3) is 0.222. The van der Waals surface area contributed by atoms with Gasteiger partial charge in [0.1, 0.15) is 0 Å². The standard InChI is InChI=1S/C18H17ClN2O3/c1-10-13(19)7-4-8-14(10)20-17(23)18(24)21-16-12-6-3-2-5-11(12)9-15(16)22/h2-8,15-16,22H,9H2,1H3,(H,20,23)(H,21,24)/t15-,16+/m1/s1. The first-order chi connectivity index (χ1) is 11.5. The first kappa shape index (κ1) is 16.5. The fourth-order valence-electron chi connectivity index (χ4n) is 2.88. The Morgan fingerprint density at radius 2 is 1.88 bits per heavy atom. The molecule has 6 heteroatoms. The number of nitrogens with one attached hydrogen (secondary N) is 2. The summed E-state index contributed by atoms with van der Waals surface area (Å²) in [5.74, 6) is -1.59. The molecule has 0 heterocycles. The van der Waals surface area contributed by atoms with Crippen molar-refractivity contribution < 1.29 is 14.7 Å². The van der Waals surface area contributed by atoms with E-state index >= 15 is 0 Å². The number of halogens is 1. The fourth-order valence-corrected chi connectivity index (χ4v) is 3.05. The third kappa shape index (κ3) is 3.13. The number of hydrogen-bond donors (Lipinski definition) is 3. The van der Waals surface area contributed by atoms with E-state index in [2.05, 4.69) is 10.6 Å². The quantitative estimate of drug-likeness (QED) is 0.732. The van der Waals surface area contributed by atoms with Gasteiger partial charge in [0.25, 0.3) is 0 Å². The SMILES string of the molecule is Cc1c(Cl)cccc1NC(=O)C(=O)N[C@H]1c2ccccc2C[C@H]1O. The van der Waals surface area contributed by atoms with Crippen LogP contribution in [0.1, 0.15) is 22.7 Å². The Labute approximate surface area is 144 Å². The number of hydrogen-bond acceptors (Lipinski definition) is 3. The zero-order chi connectivity index (χ0) is 17.3. The van der Waals surface area contributed by atoms with Crippen LogP contribution >= 0.6 is 11.6 Å². The molecule has 24 heavy (non-hydrogen) atoms. The van der Waals surface area contributed by atoms with E-state index in [0.717, 1.165) is 11.1 Å². The third-order valence-electron chi connectivity index (χ3n) is 4.21. The number of aliphatic hydroxyl groups excluding tert-OH is 1. The maximum absolute atomic E-state index is 12.2. The van der Waals surface area contributed by atoms with E-state index in [4.69, 9.17) is 11.6 Å². The summed E-state index contributed by atoms with van der Waals surface area (Å²) in [5.41, 5.74) is 2.98. The van der Waals surface area contributed by atoms with E-state index in [0.29, 0.717) is 22.7 Å². The summed E-state index contributed by atoms with van der Waals surface area (Å²) in [5, 5.41) is 15.8. The van der Waals surface area contributed by atoms with Crippen molar-refractivity contribution in [2.45, 2.75) is 25.5 Å². The van der Waals surface area contributed by atoms with Crippen molar-refractivity contribution in [3.63, 3.8) is 0 Å². The van der Waals surface area contributed by atoms with E-state index in [9.17, 15) is 14.7 Å². The number of anilines is 1. The van der Waals surface area contributed by atoms with E-state index in [1.165, 1.54) is 0 Å². The molecule has 0 fully saturated rings. The average Bonchev–Trinajstić information content (AvgIpc) is 2.87. The van der Waals surface area contributed by atoms with Crippen LogP contribution in [-0.2, 0) is 16.0 Å². The average molecular weight is 345 g/mol. The van der Waals surface area contributed by atoms with Gasteiger partial charge in [0.2, 0.25) is 0 Å². The van der Waals surface area contributed by atoms with Crippen LogP contribution in [0.25, 0.3) is 0 Å². The van der Waals surface area contributed by atoms with E-state index in [-0.39, 0.29) is 0 Å². The second-order valence-corrected chi connectivity index (χ2v) is 6.20. The van der Waals surface area contributed by atoms with Crippen molar-refractivity contribution in [1.82, 2.24) is 5.32 Å². The Morgan fingerprint density at radius 1 is 1.12 bits per heavy atom. The molecule has 3 N–H and O–H groups in total. The van der Waals surface area contributed by atoms with Crippen LogP contribution in [0.3, 0.4) is 0 Å². The summed E-state index contributed by atoms with van der Waals surface area (Å²) in [7, 11) is 0. The second-order valence-electron chi connectivity index (χ2n) is 5.79. The zero-order valence-corrected chi connectivity index (χ0v) is 13.8. The molecule has 1 aliphatic carbocycles. The summed E-state index contributed by atoms with van der Waals surface area (Å²) < 4.78 is 0. The molecule has 3 rings (SSSR count). The van der Waals surface area contributed by atoms with Crippen molar-refractivity contribution in [2.75, 3.05) is 5.32 Å². The number of carbonyl (C=O) groups is 2. The maximum atomic E-state index is 12.2. The van der Waals surface area contributed by atoms with Gasteiger partial charge in [0.05, 0.1) is 12.1 Å². The molecular formula is C18H17ClN2O3. The molecule has 2 atom stereocenters. The van der Waals surface area contributed by atoms with Crippen LogP contribution in [0.15, 0.2) is 42.5 Å². The van der Waals surface area contributed by atoms with Crippen LogP contribution in [0.2, 0.25) is 5.02 Å². The van der Waals surface area contributed by atoms with E-state index in [1.54, 1.807) is 25.1 Å². The molecule has 1 aliphatic rings. The molecule has 0 bridgehead atoms. The minimum Gasteiger partial charge on any atom is -0.390 e. The molecular weight excluding hydrogens is 328 g/mol. The van der Waals surface area contributed by atoms with Gasteiger partial charge in [-0.15, -0.1) is 0 Å². The summed E-state index contributed by atoms with van der Waals surface area (Å²) in [6.07, 6.45) is -0.289. The topological polar surface area (TPSA) is 78.4 Å². The van der Waals surface area contributed by atoms with Gasteiger partial charge in [-0.2, -0.15) is 0 Å². The maximum Gasteiger partial charge on any atom is 0.313 e. The van der Waals surface area contributed by atoms with Gasteiger partial charge in [-0.25, -0.2) is 0 Å². The summed E-state index contributed by atoms with van der Waals surface area (Å²) in [4.78, 5) is 24.3. The van der Waals surface area contributed by atoms with Crippen molar-refractivity contribution in [3.8, 4) is 0 Å². The van der Waals surface area contributed by atoms with Crippen LogP contribution < -0.4 is 10.6 Å². The summed E-state index contributed by atoms with van der Waals surface area (Å²) >= 11 is 6.00. The molecule has 0 spiro atoms. The Kier molecular flexibility index (Phi) is 4.55. The first-order valence-corrected chi connectivity index (χ1v) is 7.98. The molecule has 0 aromatic heterocycles. The predicted molar refractivity (Wildman–Crippen MR) is 91.9 cm³/mol. The van der Waals surface area contributed by atoms with Gasteiger partial charge in [-0.1, -0.05) is 41.9 Å². The lowest BCUT2D eigenvalue weighted by Crippen LogP contribution is -2.40. The van der Waals surface area contributed by atoms with Crippen molar-refractivity contribution in [3.05, 3.63) is 64.2 Å². The number of aliphatic hydroxyl groups is 1. The van der Waals surface area contributed by atoms with Crippen LogP contribution in [-0.4, -0.2) is 23.0 Å². The van der Waals surface area contributed by atoms with Crippen molar-refractivity contribution in [2.24, 2.45) is 0 Å². The number of amides is 2. The minimum atomic E-state index is -0.796. The lowest BCUT2D eigenvalue weighted by atomic mass is 10.1. The zero-order valence-electron chi connectivity index (χ0n) is 13.0. The molecule has 0 unspecified atom stereocenters. The summed E-state index contributed by atoms with van der Waals surface area (Å²) in [6, 6.07) is 12.0. The Morgan fingerprint density at radius 3 is 2.67 bits per heavy atom. The van der Waals surface area contributed by atoms with Crippen LogP contribution in [0.4, 0.5) is 5.69 Å². The second kappa shape index (κ2) is 6.63. The van der Waals surface area contributed by atoms with Gasteiger partial charge >= 0.3 is 11.8 Å². The van der Waals surface area contributed by atoms with Gasteiger partial charge in [-0.05, 0) is 35.7 Å². The van der Waals surface area contributed by atoms with Crippen molar-refractivity contribution >= 4 is 29.1 Å². The smallest absolute Gasteiger partial charge is 0.313 e. The Bertz CT molecular complexity index is 807. The predicted octanol–water partition coefficient (Wildman–Crippen LogP) is 2.36. The highest BCUT2D eigenvalue weighted by molar-refractivity contribution is 6.40. The monoisotopic (exact) mass is 344 g/mol. The minimum absolute atomic E-state index is 0.455. The highest BCUT2D eigenvalue weighted by Gasteiger charge is 2.33. The molecule has 0 aliphatic heterocycles. The van der Waals surface area contributed by atoms with Gasteiger partial charge in [-0.3, -0.25) is 9.59 Å². The Balaban J connectivity index is 1.71. The molecule has 2 aromatic rings. The third-order valence-corrected chi connectivity index (χ3v) is 4.62. The largest absolute Gasteiger partial charge is 0.390 e. The molecule has 0 radical (unpaired) electrons. The van der Waals surface area contributed by atoms with E-state index < -0.39 is 24.0 Å². The number of fused-ring (bicyclic) bond motifs is 1. The van der Waals surface area contributed by atoms with Gasteiger partial charge in [0, 0.05) is 17.1 Å². The van der Waals surface area contributed by atoms with Crippen molar-refractivity contribution in [1.29, 1.82) is 0 Å². The van der Waals surface area contributed by atoms with Gasteiger partial charge < -0.3 is 15.7 Å². The number of rotatable bonds is 2. The molecule has 2 aromatic carbocycles. The molecule has 2 amide bonds. The normalized spacial score (nSPS) is 18.8. The molecule has 0 saturated heterocycles. The molecule has 124 valence electrons. The number of benzene rings is 2.